The summed E-state index contributed by atoms with van der Waals surface area (Å²) in [6.07, 6.45) is 1.45. The number of carbonyl (C=O) groups is 2. The average molecular weight is 487 g/mol. The van der Waals surface area contributed by atoms with E-state index in [1.54, 1.807) is 50.6 Å². The first-order valence-electron chi connectivity index (χ1n) is 11.0. The van der Waals surface area contributed by atoms with Crippen molar-refractivity contribution in [3.05, 3.63) is 45.4 Å². The Morgan fingerprint density at radius 2 is 1.80 bits per heavy atom. The number of fused-ring (bicyclic) bond motifs is 1. The summed E-state index contributed by atoms with van der Waals surface area (Å²) in [6, 6.07) is 4.86. The van der Waals surface area contributed by atoms with Gasteiger partial charge in [0.15, 0.2) is 11.2 Å². The number of amides is 2. The molecule has 0 atom stereocenters. The van der Waals surface area contributed by atoms with Gasteiger partial charge >= 0.3 is 11.8 Å². The molecule has 2 aromatic heterocycles. The average Bonchev–Trinajstić information content (AvgIpc) is 3.19. The SMILES string of the molecule is COc1ccc(NC(=O)CCCn2cnc3c2c(=O)n(C)c(=O)n3C)cc1NC(=O)OC(C)(C)C. The number of hydrogen-bond acceptors (Lipinski definition) is 7. The molecule has 0 aliphatic carbocycles. The van der Waals surface area contributed by atoms with E-state index in [9.17, 15) is 19.2 Å². The van der Waals surface area contributed by atoms with Crippen LogP contribution in [0.15, 0.2) is 34.1 Å². The lowest BCUT2D eigenvalue weighted by Crippen LogP contribution is -2.37. The first-order chi connectivity index (χ1) is 16.4. The summed E-state index contributed by atoms with van der Waals surface area (Å²) in [7, 11) is 4.43. The van der Waals surface area contributed by atoms with Crippen LogP contribution in [0.3, 0.4) is 0 Å². The maximum atomic E-state index is 12.5. The zero-order valence-electron chi connectivity index (χ0n) is 20.7. The zero-order valence-corrected chi connectivity index (χ0v) is 20.7. The van der Waals surface area contributed by atoms with E-state index >= 15 is 0 Å². The predicted molar refractivity (Wildman–Crippen MR) is 131 cm³/mol. The number of aromatic nitrogens is 4. The fourth-order valence-corrected chi connectivity index (χ4v) is 3.50. The van der Waals surface area contributed by atoms with Gasteiger partial charge in [0.2, 0.25) is 5.91 Å². The number of benzene rings is 1. The van der Waals surface area contributed by atoms with Crippen LogP contribution in [0.4, 0.5) is 16.2 Å². The molecule has 0 aliphatic heterocycles. The number of ether oxygens (including phenoxy) is 2. The van der Waals surface area contributed by atoms with E-state index in [4.69, 9.17) is 9.47 Å². The maximum Gasteiger partial charge on any atom is 0.412 e. The third-order valence-corrected chi connectivity index (χ3v) is 5.14. The Kier molecular flexibility index (Phi) is 7.32. The minimum absolute atomic E-state index is 0.173. The minimum atomic E-state index is -0.664. The largest absolute Gasteiger partial charge is 0.495 e. The van der Waals surface area contributed by atoms with Crippen molar-refractivity contribution in [1.29, 1.82) is 0 Å². The van der Waals surface area contributed by atoms with E-state index < -0.39 is 22.9 Å². The van der Waals surface area contributed by atoms with Crippen molar-refractivity contribution in [3.63, 3.8) is 0 Å². The smallest absolute Gasteiger partial charge is 0.412 e. The Labute approximate surface area is 201 Å². The van der Waals surface area contributed by atoms with E-state index in [0.717, 1.165) is 4.57 Å². The van der Waals surface area contributed by atoms with E-state index in [2.05, 4.69) is 15.6 Å². The van der Waals surface area contributed by atoms with Crippen molar-refractivity contribution in [2.45, 2.75) is 45.8 Å². The number of imidazole rings is 1. The Bertz CT molecular complexity index is 1380. The van der Waals surface area contributed by atoms with Crippen LogP contribution in [0, 0.1) is 0 Å². The molecule has 2 heterocycles. The first kappa shape index (κ1) is 25.5. The van der Waals surface area contributed by atoms with Gasteiger partial charge in [-0.25, -0.2) is 14.6 Å². The highest BCUT2D eigenvalue weighted by molar-refractivity contribution is 5.93. The summed E-state index contributed by atoms with van der Waals surface area (Å²) in [4.78, 5) is 53.4. The Morgan fingerprint density at radius 3 is 2.46 bits per heavy atom. The molecule has 0 aliphatic rings. The number of methoxy groups -OCH3 is 1. The molecule has 1 aromatic carbocycles. The van der Waals surface area contributed by atoms with Crippen LogP contribution < -0.4 is 26.6 Å². The molecular weight excluding hydrogens is 456 g/mol. The van der Waals surface area contributed by atoms with Crippen LogP contribution in [0.2, 0.25) is 0 Å². The summed E-state index contributed by atoms with van der Waals surface area (Å²) in [5.74, 6) is 0.167. The van der Waals surface area contributed by atoms with Crippen molar-refractivity contribution < 1.29 is 19.1 Å². The Hall–Kier alpha value is -4.09. The van der Waals surface area contributed by atoms with Gasteiger partial charge in [0.05, 0.1) is 19.1 Å². The second-order valence-corrected chi connectivity index (χ2v) is 9.01. The van der Waals surface area contributed by atoms with E-state index in [-0.39, 0.29) is 12.3 Å². The number of rotatable bonds is 7. The molecule has 0 unspecified atom stereocenters. The van der Waals surface area contributed by atoms with Gasteiger partial charge in [-0.05, 0) is 45.4 Å². The summed E-state index contributed by atoms with van der Waals surface area (Å²) in [5.41, 5.74) is -0.123. The molecule has 188 valence electrons. The molecule has 0 spiro atoms. The van der Waals surface area contributed by atoms with Gasteiger partial charge in [0.1, 0.15) is 11.4 Å². The summed E-state index contributed by atoms with van der Waals surface area (Å²) < 4.78 is 14.5. The van der Waals surface area contributed by atoms with Gasteiger partial charge in [-0.2, -0.15) is 0 Å². The summed E-state index contributed by atoms with van der Waals surface area (Å²) in [5, 5.41) is 5.41. The number of hydrogen-bond donors (Lipinski definition) is 2. The molecule has 0 saturated carbocycles. The van der Waals surface area contributed by atoms with E-state index in [0.29, 0.717) is 41.3 Å². The maximum absolute atomic E-state index is 12.5. The van der Waals surface area contributed by atoms with Crippen LogP contribution in [-0.2, 0) is 30.2 Å². The highest BCUT2D eigenvalue weighted by Crippen LogP contribution is 2.28. The highest BCUT2D eigenvalue weighted by Gasteiger charge is 2.18. The van der Waals surface area contributed by atoms with Gasteiger partial charge in [0, 0.05) is 32.7 Å². The van der Waals surface area contributed by atoms with E-state index in [1.165, 1.54) is 25.1 Å². The fourth-order valence-electron chi connectivity index (χ4n) is 3.50. The molecule has 35 heavy (non-hydrogen) atoms. The third kappa shape index (κ3) is 5.89. The molecule has 0 fully saturated rings. The monoisotopic (exact) mass is 486 g/mol. The number of carbonyl (C=O) groups excluding carboxylic acids is 2. The van der Waals surface area contributed by atoms with Crippen molar-refractivity contribution in [2.24, 2.45) is 14.1 Å². The van der Waals surface area contributed by atoms with Crippen LogP contribution in [0.5, 0.6) is 5.75 Å². The fraction of sp³-hybridized carbons (Fsp3) is 0.435. The standard InChI is InChI=1S/C23H30N6O6/c1-23(2,3)35-21(32)26-15-12-14(9-10-16(15)34-6)25-17(30)8-7-11-29-13-24-19-18(29)20(31)28(5)22(33)27(19)4/h9-10,12-13H,7-8,11H2,1-6H3,(H,25,30)(H,26,32). The number of nitrogens with zero attached hydrogens (tertiary/aromatic N) is 4. The molecule has 2 N–H and O–H groups in total. The molecule has 0 saturated heterocycles. The predicted octanol–water partition coefficient (Wildman–Crippen LogP) is 2.21. The lowest BCUT2D eigenvalue weighted by atomic mass is 10.2. The van der Waals surface area contributed by atoms with E-state index in [1.807, 2.05) is 0 Å². The molecule has 3 rings (SSSR count). The molecule has 12 heteroatoms. The number of aryl methyl sites for hydroxylation is 2. The van der Waals surface area contributed by atoms with Gasteiger partial charge in [-0.3, -0.25) is 24.0 Å². The van der Waals surface area contributed by atoms with Crippen LogP contribution >= 0.6 is 0 Å². The lowest BCUT2D eigenvalue weighted by molar-refractivity contribution is -0.116. The second kappa shape index (κ2) is 10.0. The molecule has 0 radical (unpaired) electrons. The normalized spacial score (nSPS) is 11.4. The first-order valence-corrected chi connectivity index (χ1v) is 11.0. The Balaban J connectivity index is 1.65. The number of nitrogens with one attached hydrogen (secondary N) is 2. The van der Waals surface area contributed by atoms with Crippen molar-refractivity contribution >= 4 is 34.5 Å². The summed E-state index contributed by atoms with van der Waals surface area (Å²) >= 11 is 0. The molecular formula is C23H30N6O6. The van der Waals surface area contributed by atoms with Gasteiger partial charge in [-0.15, -0.1) is 0 Å². The molecule has 12 nitrogen and oxygen atoms in total. The van der Waals surface area contributed by atoms with Crippen molar-refractivity contribution in [2.75, 3.05) is 17.7 Å². The quantitative estimate of drug-likeness (QED) is 0.522. The minimum Gasteiger partial charge on any atom is -0.495 e. The summed E-state index contributed by atoms with van der Waals surface area (Å²) in [6.45, 7) is 5.63. The van der Waals surface area contributed by atoms with Crippen LogP contribution in [0.25, 0.3) is 11.2 Å². The van der Waals surface area contributed by atoms with Gasteiger partial charge in [-0.1, -0.05) is 0 Å². The topological polar surface area (TPSA) is 138 Å². The van der Waals surface area contributed by atoms with Crippen LogP contribution in [-0.4, -0.2) is 43.4 Å². The van der Waals surface area contributed by atoms with Crippen LogP contribution in [0.1, 0.15) is 33.6 Å². The van der Waals surface area contributed by atoms with Gasteiger partial charge in [0.25, 0.3) is 5.56 Å². The zero-order chi connectivity index (χ0) is 25.9. The van der Waals surface area contributed by atoms with Crippen molar-refractivity contribution in [3.8, 4) is 5.75 Å². The molecule has 2 amide bonds. The van der Waals surface area contributed by atoms with Crippen molar-refractivity contribution in [1.82, 2.24) is 18.7 Å². The van der Waals surface area contributed by atoms with Gasteiger partial charge < -0.3 is 19.4 Å². The number of anilines is 2. The highest BCUT2D eigenvalue weighted by atomic mass is 16.6. The Morgan fingerprint density at radius 1 is 1.09 bits per heavy atom. The second-order valence-electron chi connectivity index (χ2n) is 9.01. The molecule has 3 aromatic rings. The lowest BCUT2D eigenvalue weighted by Gasteiger charge is -2.20. The third-order valence-electron chi connectivity index (χ3n) is 5.14. The molecule has 0 bridgehead atoms.